The van der Waals surface area contributed by atoms with E-state index in [4.69, 9.17) is 5.73 Å². The molecule has 0 saturated carbocycles. The molecule has 0 aromatic carbocycles. The topological polar surface area (TPSA) is 26.0 Å². The van der Waals surface area contributed by atoms with Gasteiger partial charge in [0.25, 0.3) is 0 Å². The average Bonchev–Trinajstić information content (AvgIpc) is 2.05. The minimum absolute atomic E-state index is 0.364. The van der Waals surface area contributed by atoms with Gasteiger partial charge < -0.3 is 5.73 Å². The first-order valence-corrected chi connectivity index (χ1v) is 4.33. The first-order chi connectivity index (χ1) is 5.35. The molecule has 0 spiro atoms. The van der Waals surface area contributed by atoms with Gasteiger partial charge in [0, 0.05) is 6.54 Å². The number of nitrogens with two attached hydrogens (primary N) is 1. The third kappa shape index (κ3) is 6.05. The summed E-state index contributed by atoms with van der Waals surface area (Å²) in [4.78, 5) is 0. The highest BCUT2D eigenvalue weighted by molar-refractivity contribution is 4.98. The Kier molecular flexibility index (Phi) is 7.47. The monoisotopic (exact) mass is 159 g/mol. The molecule has 0 radical (unpaired) electrons. The predicted octanol–water partition coefficient (Wildman–Crippen LogP) is 2.77. The zero-order chi connectivity index (χ0) is 8.53. The summed E-state index contributed by atoms with van der Waals surface area (Å²) in [6.45, 7) is 2.53. The zero-order valence-corrected chi connectivity index (χ0v) is 7.28. The number of halogens is 1. The number of rotatable bonds is 6. The first-order valence-electron chi connectivity index (χ1n) is 4.33. The molecule has 0 aliphatic carbocycles. The molecule has 0 aliphatic rings. The molecule has 0 rings (SSSR count). The van der Waals surface area contributed by atoms with Gasteiger partial charge in [0.2, 0.25) is 0 Å². The van der Waals surface area contributed by atoms with Gasteiger partial charge in [-0.1, -0.05) is 26.2 Å². The Labute approximate surface area is 68.5 Å². The lowest BCUT2D eigenvalue weighted by Crippen LogP contribution is -2.02. The van der Waals surface area contributed by atoms with Gasteiger partial charge in [-0.15, -0.1) is 0 Å². The van der Waals surface area contributed by atoms with Crippen LogP contribution in [0.4, 0.5) is 4.39 Å². The summed E-state index contributed by atoms with van der Waals surface area (Å²) in [7, 11) is 0. The molecule has 0 fully saturated rings. The van der Waals surface area contributed by atoms with Gasteiger partial charge in [0.1, 0.15) is 0 Å². The second kappa shape index (κ2) is 7.73. The van der Waals surface area contributed by atoms with Crippen molar-refractivity contribution in [2.24, 2.45) is 5.73 Å². The largest absolute Gasteiger partial charge is 0.327 e. The van der Waals surface area contributed by atoms with Crippen LogP contribution in [0, 0.1) is 0 Å². The first kappa shape index (κ1) is 10.6. The van der Waals surface area contributed by atoms with Crippen LogP contribution in [-0.2, 0) is 0 Å². The third-order valence-corrected chi connectivity index (χ3v) is 1.77. The fourth-order valence-electron chi connectivity index (χ4n) is 0.980. The highest BCUT2D eigenvalue weighted by Gasteiger charge is 1.94. The van der Waals surface area contributed by atoms with Gasteiger partial charge in [0.05, 0.1) is 6.33 Å². The van der Waals surface area contributed by atoms with Crippen molar-refractivity contribution in [2.45, 2.75) is 39.0 Å². The van der Waals surface area contributed by atoms with E-state index in [1.807, 2.05) is 0 Å². The summed E-state index contributed by atoms with van der Waals surface area (Å²) in [6, 6.07) is 0. The van der Waals surface area contributed by atoms with Gasteiger partial charge in [0.15, 0.2) is 0 Å². The molecule has 2 N–H and O–H groups in total. The molecule has 0 heterocycles. The second-order valence-corrected chi connectivity index (χ2v) is 2.78. The van der Waals surface area contributed by atoms with Crippen LogP contribution in [0.25, 0.3) is 0 Å². The van der Waals surface area contributed by atoms with Crippen LogP contribution in [0.15, 0.2) is 11.9 Å². The van der Waals surface area contributed by atoms with E-state index in [1.165, 1.54) is 19.3 Å². The minimum atomic E-state index is 0.364. The summed E-state index contributed by atoms with van der Waals surface area (Å²) in [5.74, 6) is 0. The molecule has 66 valence electrons. The quantitative estimate of drug-likeness (QED) is 0.592. The fourth-order valence-corrected chi connectivity index (χ4v) is 0.980. The number of hydrogen-bond donors (Lipinski definition) is 1. The standard InChI is InChI=1S/C9H18FN/c1-2-3-4-5-6-9(7-10)8-11/h7H,2-6,8,11H2,1H3. The summed E-state index contributed by atoms with van der Waals surface area (Å²) in [5.41, 5.74) is 6.03. The van der Waals surface area contributed by atoms with Gasteiger partial charge in [-0.05, 0) is 18.4 Å². The zero-order valence-electron chi connectivity index (χ0n) is 7.28. The summed E-state index contributed by atoms with van der Waals surface area (Å²) >= 11 is 0. The Morgan fingerprint density at radius 3 is 2.55 bits per heavy atom. The number of unbranched alkanes of at least 4 members (excludes halogenated alkanes) is 3. The maximum Gasteiger partial charge on any atom is 0.0871 e. The van der Waals surface area contributed by atoms with Crippen LogP contribution < -0.4 is 5.73 Å². The Morgan fingerprint density at radius 2 is 2.09 bits per heavy atom. The summed E-state index contributed by atoms with van der Waals surface area (Å²) in [5, 5.41) is 0. The predicted molar refractivity (Wildman–Crippen MR) is 47.0 cm³/mol. The lowest BCUT2D eigenvalue weighted by Gasteiger charge is -2.00. The van der Waals surface area contributed by atoms with Crippen LogP contribution in [0.1, 0.15) is 39.0 Å². The van der Waals surface area contributed by atoms with E-state index >= 15 is 0 Å². The van der Waals surface area contributed by atoms with Gasteiger partial charge in [-0.3, -0.25) is 0 Å². The van der Waals surface area contributed by atoms with Crippen LogP contribution >= 0.6 is 0 Å². The highest BCUT2D eigenvalue weighted by Crippen LogP contribution is 2.08. The SMILES string of the molecule is CCCCCCC(=CF)CN. The van der Waals surface area contributed by atoms with Crippen molar-refractivity contribution in [1.82, 2.24) is 0 Å². The van der Waals surface area contributed by atoms with E-state index in [-0.39, 0.29) is 0 Å². The van der Waals surface area contributed by atoms with Gasteiger partial charge >= 0.3 is 0 Å². The van der Waals surface area contributed by atoms with E-state index in [1.54, 1.807) is 0 Å². The lowest BCUT2D eigenvalue weighted by molar-refractivity contribution is 0.640. The minimum Gasteiger partial charge on any atom is -0.327 e. The molecule has 0 bridgehead atoms. The Balaban J connectivity index is 3.22. The molecular weight excluding hydrogens is 141 g/mol. The molecular formula is C9H18FN. The van der Waals surface area contributed by atoms with Crippen molar-refractivity contribution in [3.05, 3.63) is 11.9 Å². The van der Waals surface area contributed by atoms with E-state index in [9.17, 15) is 4.39 Å². The molecule has 0 saturated heterocycles. The van der Waals surface area contributed by atoms with E-state index in [0.717, 1.165) is 18.4 Å². The van der Waals surface area contributed by atoms with Crippen LogP contribution in [0.2, 0.25) is 0 Å². The molecule has 0 aromatic rings. The third-order valence-electron chi connectivity index (χ3n) is 1.77. The maximum absolute atomic E-state index is 11.9. The highest BCUT2D eigenvalue weighted by atomic mass is 19.1. The maximum atomic E-state index is 11.9. The summed E-state index contributed by atoms with van der Waals surface area (Å²) < 4.78 is 11.9. The molecule has 0 amide bonds. The smallest absolute Gasteiger partial charge is 0.0871 e. The molecule has 0 atom stereocenters. The Morgan fingerprint density at radius 1 is 1.36 bits per heavy atom. The van der Waals surface area contributed by atoms with Crippen molar-refractivity contribution in [3.63, 3.8) is 0 Å². The molecule has 0 aromatic heterocycles. The van der Waals surface area contributed by atoms with Gasteiger partial charge in [-0.2, -0.15) is 0 Å². The van der Waals surface area contributed by atoms with Crippen LogP contribution in [0.3, 0.4) is 0 Å². The normalized spacial score (nSPS) is 12.1. The molecule has 2 heteroatoms. The van der Waals surface area contributed by atoms with Crippen LogP contribution in [-0.4, -0.2) is 6.54 Å². The van der Waals surface area contributed by atoms with Crippen molar-refractivity contribution in [1.29, 1.82) is 0 Å². The fraction of sp³-hybridized carbons (Fsp3) is 0.778. The molecule has 0 unspecified atom stereocenters. The Hall–Kier alpha value is -0.370. The number of hydrogen-bond acceptors (Lipinski definition) is 1. The van der Waals surface area contributed by atoms with Crippen molar-refractivity contribution >= 4 is 0 Å². The lowest BCUT2D eigenvalue weighted by atomic mass is 10.1. The molecule has 11 heavy (non-hydrogen) atoms. The molecule has 1 nitrogen and oxygen atoms in total. The van der Waals surface area contributed by atoms with Crippen LogP contribution in [0.5, 0.6) is 0 Å². The van der Waals surface area contributed by atoms with Crippen molar-refractivity contribution < 1.29 is 4.39 Å². The van der Waals surface area contributed by atoms with E-state index in [0.29, 0.717) is 12.9 Å². The Bertz CT molecular complexity index is 110. The van der Waals surface area contributed by atoms with E-state index < -0.39 is 0 Å². The molecule has 0 aliphatic heterocycles. The van der Waals surface area contributed by atoms with Crippen molar-refractivity contribution in [3.8, 4) is 0 Å². The second-order valence-electron chi connectivity index (χ2n) is 2.78. The summed E-state index contributed by atoms with van der Waals surface area (Å²) in [6.07, 6.45) is 6.19. The van der Waals surface area contributed by atoms with Crippen molar-refractivity contribution in [2.75, 3.05) is 6.54 Å². The average molecular weight is 159 g/mol. The van der Waals surface area contributed by atoms with Gasteiger partial charge in [-0.25, -0.2) is 4.39 Å². The van der Waals surface area contributed by atoms with E-state index in [2.05, 4.69) is 6.92 Å².